The molecule has 0 aromatic heterocycles. The van der Waals surface area contributed by atoms with Crippen molar-refractivity contribution in [1.29, 1.82) is 0 Å². The summed E-state index contributed by atoms with van der Waals surface area (Å²) in [5.74, 6) is 0. The minimum atomic E-state index is 0.196. The summed E-state index contributed by atoms with van der Waals surface area (Å²) >= 11 is 0. The van der Waals surface area contributed by atoms with Gasteiger partial charge in [0.25, 0.3) is 0 Å². The zero-order valence-corrected chi connectivity index (χ0v) is 9.80. The highest BCUT2D eigenvalue weighted by atomic mass is 16.5. The van der Waals surface area contributed by atoms with Crippen molar-refractivity contribution in [3.8, 4) is 0 Å². The van der Waals surface area contributed by atoms with Gasteiger partial charge in [-0.2, -0.15) is 0 Å². The lowest BCUT2D eigenvalue weighted by Gasteiger charge is -2.30. The monoisotopic (exact) mass is 201 g/mol. The van der Waals surface area contributed by atoms with E-state index in [1.54, 1.807) is 7.11 Å². The third-order valence-electron chi connectivity index (χ3n) is 2.77. The Morgan fingerprint density at radius 1 is 1.50 bits per heavy atom. The molecule has 1 aliphatic rings. The highest BCUT2D eigenvalue weighted by Crippen LogP contribution is 2.21. The summed E-state index contributed by atoms with van der Waals surface area (Å²) in [6, 6.07) is 0.523. The molecule has 14 heavy (non-hydrogen) atoms. The van der Waals surface area contributed by atoms with Gasteiger partial charge in [0.15, 0.2) is 0 Å². The van der Waals surface area contributed by atoms with Crippen LogP contribution in [0.3, 0.4) is 0 Å². The van der Waals surface area contributed by atoms with Crippen LogP contribution in [0.15, 0.2) is 0 Å². The zero-order valence-electron chi connectivity index (χ0n) is 9.80. The second-order valence-corrected chi connectivity index (χ2v) is 5.06. The van der Waals surface area contributed by atoms with E-state index in [0.29, 0.717) is 6.04 Å². The van der Waals surface area contributed by atoms with E-state index in [0.717, 1.165) is 26.2 Å². The van der Waals surface area contributed by atoms with Crippen molar-refractivity contribution in [3.63, 3.8) is 0 Å². The van der Waals surface area contributed by atoms with Crippen LogP contribution in [-0.4, -0.2) is 39.0 Å². The number of nitrogens with one attached hydrogen (secondary N) is 1. The molecule has 3 heteroatoms. The predicted octanol–water partition coefficient (Wildman–Crippen LogP) is 1.43. The van der Waals surface area contributed by atoms with Gasteiger partial charge in [-0.1, -0.05) is 20.8 Å². The molecule has 0 amide bonds. The topological polar surface area (TPSA) is 30.5 Å². The molecular formula is C11H23NO2. The average Bonchev–Trinajstić information content (AvgIpc) is 2.55. The SMILES string of the molecule is COC(CNC1CCOC1)C(C)(C)C. The standard InChI is InChI=1S/C11H23NO2/c1-11(2,3)10(13-4)7-12-9-5-6-14-8-9/h9-10,12H,5-8H2,1-4H3. The van der Waals surface area contributed by atoms with Gasteiger partial charge in [-0.15, -0.1) is 0 Å². The first-order chi connectivity index (χ1) is 6.54. The zero-order chi connectivity index (χ0) is 10.6. The summed E-state index contributed by atoms with van der Waals surface area (Å²) in [6.45, 7) is 9.26. The lowest BCUT2D eigenvalue weighted by molar-refractivity contribution is 0.0154. The minimum absolute atomic E-state index is 0.196. The quantitative estimate of drug-likeness (QED) is 0.746. The Hall–Kier alpha value is -0.120. The van der Waals surface area contributed by atoms with Crippen LogP contribution < -0.4 is 5.32 Å². The first kappa shape index (κ1) is 12.0. The van der Waals surface area contributed by atoms with Crippen molar-refractivity contribution >= 4 is 0 Å². The van der Waals surface area contributed by atoms with Crippen molar-refractivity contribution in [3.05, 3.63) is 0 Å². The summed E-state index contributed by atoms with van der Waals surface area (Å²) in [5, 5.41) is 3.49. The predicted molar refractivity (Wildman–Crippen MR) is 57.5 cm³/mol. The molecule has 0 aromatic carbocycles. The molecule has 84 valence electrons. The number of methoxy groups -OCH3 is 1. The molecule has 0 saturated carbocycles. The summed E-state index contributed by atoms with van der Waals surface area (Å²) < 4.78 is 10.8. The Morgan fingerprint density at radius 3 is 2.64 bits per heavy atom. The molecule has 0 bridgehead atoms. The molecule has 0 aliphatic carbocycles. The van der Waals surface area contributed by atoms with Crippen LogP contribution in [0.5, 0.6) is 0 Å². The molecule has 1 N–H and O–H groups in total. The molecule has 1 aliphatic heterocycles. The van der Waals surface area contributed by atoms with Gasteiger partial charge < -0.3 is 14.8 Å². The Labute approximate surface area is 87.2 Å². The van der Waals surface area contributed by atoms with Crippen molar-refractivity contribution in [1.82, 2.24) is 5.32 Å². The van der Waals surface area contributed by atoms with Gasteiger partial charge in [0.1, 0.15) is 0 Å². The molecule has 1 saturated heterocycles. The molecule has 0 spiro atoms. The highest BCUT2D eigenvalue weighted by molar-refractivity contribution is 4.79. The van der Waals surface area contributed by atoms with Gasteiger partial charge in [0, 0.05) is 26.3 Å². The number of hydrogen-bond donors (Lipinski definition) is 1. The fraction of sp³-hybridized carbons (Fsp3) is 1.00. The van der Waals surface area contributed by atoms with Gasteiger partial charge in [-0.3, -0.25) is 0 Å². The third-order valence-corrected chi connectivity index (χ3v) is 2.77. The first-order valence-corrected chi connectivity index (χ1v) is 5.38. The van der Waals surface area contributed by atoms with Crippen LogP contribution >= 0.6 is 0 Å². The molecular weight excluding hydrogens is 178 g/mol. The second kappa shape index (κ2) is 5.10. The van der Waals surface area contributed by atoms with E-state index in [1.165, 1.54) is 0 Å². The number of ether oxygens (including phenoxy) is 2. The third kappa shape index (κ3) is 3.56. The van der Waals surface area contributed by atoms with Crippen LogP contribution in [0.2, 0.25) is 0 Å². The largest absolute Gasteiger partial charge is 0.380 e. The lowest BCUT2D eigenvalue weighted by Crippen LogP contribution is -2.42. The molecule has 2 atom stereocenters. The molecule has 0 radical (unpaired) electrons. The van der Waals surface area contributed by atoms with Crippen LogP contribution in [0.1, 0.15) is 27.2 Å². The van der Waals surface area contributed by atoms with Gasteiger partial charge in [0.05, 0.1) is 12.7 Å². The summed E-state index contributed by atoms with van der Waals surface area (Å²) in [6.07, 6.45) is 1.39. The van der Waals surface area contributed by atoms with Crippen LogP contribution in [0.4, 0.5) is 0 Å². The van der Waals surface area contributed by atoms with Crippen LogP contribution in [0, 0.1) is 5.41 Å². The summed E-state index contributed by atoms with van der Waals surface area (Å²) in [7, 11) is 1.78. The molecule has 0 aromatic rings. The Bertz CT molecular complexity index is 159. The lowest BCUT2D eigenvalue weighted by atomic mass is 9.89. The molecule has 3 nitrogen and oxygen atoms in total. The average molecular weight is 201 g/mol. The van der Waals surface area contributed by atoms with Crippen LogP contribution in [-0.2, 0) is 9.47 Å². The Morgan fingerprint density at radius 2 is 2.21 bits per heavy atom. The summed E-state index contributed by atoms with van der Waals surface area (Å²) in [4.78, 5) is 0. The molecule has 1 fully saturated rings. The Balaban J connectivity index is 2.26. The van der Waals surface area contributed by atoms with Crippen LogP contribution in [0.25, 0.3) is 0 Å². The highest BCUT2D eigenvalue weighted by Gasteiger charge is 2.25. The minimum Gasteiger partial charge on any atom is -0.380 e. The maximum absolute atomic E-state index is 5.47. The molecule has 1 rings (SSSR count). The van der Waals surface area contributed by atoms with Crippen molar-refractivity contribution in [2.24, 2.45) is 5.41 Å². The van der Waals surface area contributed by atoms with E-state index in [1.807, 2.05) is 0 Å². The number of rotatable bonds is 4. The van der Waals surface area contributed by atoms with E-state index in [2.05, 4.69) is 26.1 Å². The first-order valence-electron chi connectivity index (χ1n) is 5.38. The fourth-order valence-corrected chi connectivity index (χ4v) is 1.71. The van der Waals surface area contributed by atoms with E-state index >= 15 is 0 Å². The van der Waals surface area contributed by atoms with Gasteiger partial charge >= 0.3 is 0 Å². The van der Waals surface area contributed by atoms with E-state index in [4.69, 9.17) is 9.47 Å². The fourth-order valence-electron chi connectivity index (χ4n) is 1.71. The maximum Gasteiger partial charge on any atom is 0.0743 e. The van der Waals surface area contributed by atoms with Gasteiger partial charge in [-0.25, -0.2) is 0 Å². The smallest absolute Gasteiger partial charge is 0.0743 e. The molecule has 1 heterocycles. The Kier molecular flexibility index (Phi) is 4.35. The van der Waals surface area contributed by atoms with Crippen molar-refractivity contribution in [2.75, 3.05) is 26.9 Å². The normalized spacial score (nSPS) is 25.3. The molecule has 2 unspecified atom stereocenters. The number of hydrogen-bond acceptors (Lipinski definition) is 3. The van der Waals surface area contributed by atoms with E-state index < -0.39 is 0 Å². The second-order valence-electron chi connectivity index (χ2n) is 5.06. The van der Waals surface area contributed by atoms with Gasteiger partial charge in [-0.05, 0) is 11.8 Å². The summed E-state index contributed by atoms with van der Waals surface area (Å²) in [5.41, 5.74) is 0.196. The van der Waals surface area contributed by atoms with E-state index in [-0.39, 0.29) is 11.5 Å². The van der Waals surface area contributed by atoms with Crippen molar-refractivity contribution < 1.29 is 9.47 Å². The maximum atomic E-state index is 5.47. The van der Waals surface area contributed by atoms with Gasteiger partial charge in [0.2, 0.25) is 0 Å². The van der Waals surface area contributed by atoms with Crippen molar-refractivity contribution in [2.45, 2.75) is 39.3 Å². The van der Waals surface area contributed by atoms with E-state index in [9.17, 15) is 0 Å².